The van der Waals surface area contributed by atoms with Gasteiger partial charge in [0.2, 0.25) is 0 Å². The topological polar surface area (TPSA) is 104 Å². The number of nitrogens with one attached hydrogen (secondary N) is 1. The molecule has 0 atom stereocenters. The Morgan fingerprint density at radius 2 is 1.86 bits per heavy atom. The number of rotatable bonds is 9. The molecule has 9 heteroatoms. The molecule has 0 saturated carbocycles. The normalized spacial score (nSPS) is 14.2. The van der Waals surface area contributed by atoms with Gasteiger partial charge >= 0.3 is 0 Å². The van der Waals surface area contributed by atoms with Gasteiger partial charge in [-0.2, -0.15) is 0 Å². The third-order valence-electron chi connectivity index (χ3n) is 5.92. The molecule has 1 amide bonds. The maximum Gasteiger partial charge on any atom is 0.271 e. The fourth-order valence-corrected chi connectivity index (χ4v) is 4.18. The minimum absolute atomic E-state index is 0.0594. The van der Waals surface area contributed by atoms with Crippen molar-refractivity contribution in [2.75, 3.05) is 37.6 Å². The Balaban J connectivity index is 1.40. The van der Waals surface area contributed by atoms with E-state index in [1.807, 2.05) is 32.9 Å². The second kappa shape index (κ2) is 11.8. The number of hydrogen-bond acceptors (Lipinski definition) is 8. The summed E-state index contributed by atoms with van der Waals surface area (Å²) in [5.74, 6) is 1.54. The van der Waals surface area contributed by atoms with E-state index >= 15 is 0 Å². The van der Waals surface area contributed by atoms with Crippen LogP contribution in [0.2, 0.25) is 0 Å². The van der Waals surface area contributed by atoms with Crippen LogP contribution >= 0.6 is 0 Å². The number of aromatic nitrogens is 3. The number of benzene rings is 1. The van der Waals surface area contributed by atoms with Crippen molar-refractivity contribution in [3.05, 3.63) is 60.0 Å². The lowest BCUT2D eigenvalue weighted by atomic mass is 10.0. The largest absolute Gasteiger partial charge is 0.506 e. The van der Waals surface area contributed by atoms with Crippen molar-refractivity contribution >= 4 is 11.7 Å². The average Bonchev–Trinajstić information content (AvgIpc) is 2.87. The Labute approximate surface area is 212 Å². The van der Waals surface area contributed by atoms with Crippen molar-refractivity contribution in [3.8, 4) is 22.6 Å². The van der Waals surface area contributed by atoms with Crippen LogP contribution in [0.5, 0.6) is 11.5 Å². The number of hydrogen-bond donors (Lipinski definition) is 2. The van der Waals surface area contributed by atoms with E-state index in [0.717, 1.165) is 67.4 Å². The third kappa shape index (κ3) is 6.69. The molecule has 2 N–H and O–H groups in total. The highest BCUT2D eigenvalue weighted by molar-refractivity contribution is 5.92. The quantitative estimate of drug-likeness (QED) is 0.470. The molecule has 1 aliphatic rings. The minimum atomic E-state index is -0.190. The van der Waals surface area contributed by atoms with Gasteiger partial charge in [0, 0.05) is 51.0 Å². The first-order valence-corrected chi connectivity index (χ1v) is 12.5. The molecule has 1 saturated heterocycles. The Kier molecular flexibility index (Phi) is 8.32. The molecule has 9 nitrogen and oxygen atoms in total. The van der Waals surface area contributed by atoms with E-state index in [2.05, 4.69) is 42.4 Å². The van der Waals surface area contributed by atoms with E-state index in [4.69, 9.17) is 4.74 Å². The summed E-state index contributed by atoms with van der Waals surface area (Å²) in [5, 5.41) is 21.1. The molecule has 3 heterocycles. The summed E-state index contributed by atoms with van der Waals surface area (Å²) >= 11 is 0. The van der Waals surface area contributed by atoms with Gasteiger partial charge in [-0.05, 0) is 67.8 Å². The van der Waals surface area contributed by atoms with Gasteiger partial charge in [0.15, 0.2) is 11.5 Å². The SMILES string of the molecule is CCCNC(=O)c1ccc(N2CCN(Cc3cc(OC(C)C)cc(-c4cncc(O)c4)c3)CC2)nn1. The van der Waals surface area contributed by atoms with Crippen molar-refractivity contribution in [1.29, 1.82) is 0 Å². The summed E-state index contributed by atoms with van der Waals surface area (Å²) in [6, 6.07) is 11.5. The molecule has 190 valence electrons. The fraction of sp³-hybridized carbons (Fsp3) is 0.407. The number of ether oxygens (including phenoxy) is 1. The first-order valence-electron chi connectivity index (χ1n) is 12.5. The highest BCUT2D eigenvalue weighted by Crippen LogP contribution is 2.29. The van der Waals surface area contributed by atoms with Gasteiger partial charge < -0.3 is 20.1 Å². The predicted octanol–water partition coefficient (Wildman–Crippen LogP) is 3.49. The fourth-order valence-electron chi connectivity index (χ4n) is 4.18. The molecule has 3 aromatic rings. The minimum Gasteiger partial charge on any atom is -0.506 e. The molecule has 36 heavy (non-hydrogen) atoms. The van der Waals surface area contributed by atoms with E-state index in [9.17, 15) is 9.90 Å². The average molecular weight is 491 g/mol. The molecule has 0 unspecified atom stereocenters. The van der Waals surface area contributed by atoms with Crippen LogP contribution in [-0.4, -0.2) is 69.9 Å². The number of carbonyl (C=O) groups excluding carboxylic acids is 1. The number of carbonyl (C=O) groups is 1. The van der Waals surface area contributed by atoms with Gasteiger partial charge in [-0.15, -0.1) is 10.2 Å². The van der Waals surface area contributed by atoms with Crippen LogP contribution in [0.3, 0.4) is 0 Å². The summed E-state index contributed by atoms with van der Waals surface area (Å²) in [4.78, 5) is 20.8. The second-order valence-corrected chi connectivity index (χ2v) is 9.26. The molecule has 0 radical (unpaired) electrons. The number of nitrogens with zero attached hydrogens (tertiary/aromatic N) is 5. The molecule has 1 aliphatic heterocycles. The number of pyridine rings is 1. The smallest absolute Gasteiger partial charge is 0.271 e. The Morgan fingerprint density at radius 3 is 2.53 bits per heavy atom. The van der Waals surface area contributed by atoms with Crippen LogP contribution in [0.15, 0.2) is 48.8 Å². The van der Waals surface area contributed by atoms with Crippen LogP contribution in [0.25, 0.3) is 11.1 Å². The zero-order valence-corrected chi connectivity index (χ0v) is 21.1. The Morgan fingerprint density at radius 1 is 1.06 bits per heavy atom. The lowest BCUT2D eigenvalue weighted by Gasteiger charge is -2.35. The zero-order chi connectivity index (χ0) is 25.5. The van der Waals surface area contributed by atoms with Gasteiger partial charge in [0.25, 0.3) is 5.91 Å². The van der Waals surface area contributed by atoms with Crippen molar-refractivity contribution in [2.45, 2.75) is 39.8 Å². The van der Waals surface area contributed by atoms with Crippen molar-refractivity contribution < 1.29 is 14.6 Å². The Hall–Kier alpha value is -3.72. The third-order valence-corrected chi connectivity index (χ3v) is 5.92. The highest BCUT2D eigenvalue weighted by atomic mass is 16.5. The van der Waals surface area contributed by atoms with Crippen molar-refractivity contribution in [2.24, 2.45) is 0 Å². The Bertz CT molecular complexity index is 1160. The standard InChI is InChI=1S/C27H34N6O3/c1-4-7-29-27(35)25-5-6-26(31-30-25)33-10-8-32(9-11-33)18-20-12-21(15-24(13-20)36-19(2)3)22-14-23(34)17-28-16-22/h5-6,12-17,19,34H,4,7-11,18H2,1-3H3,(H,29,35). The monoisotopic (exact) mass is 490 g/mol. The molecule has 4 rings (SSSR count). The van der Waals surface area contributed by atoms with Gasteiger partial charge in [-0.3, -0.25) is 14.7 Å². The second-order valence-electron chi connectivity index (χ2n) is 9.26. The lowest BCUT2D eigenvalue weighted by Crippen LogP contribution is -2.46. The van der Waals surface area contributed by atoms with Crippen molar-refractivity contribution in [3.63, 3.8) is 0 Å². The highest BCUT2D eigenvalue weighted by Gasteiger charge is 2.20. The van der Waals surface area contributed by atoms with Crippen LogP contribution in [0.4, 0.5) is 5.82 Å². The van der Waals surface area contributed by atoms with E-state index in [1.165, 1.54) is 6.20 Å². The van der Waals surface area contributed by atoms with Crippen LogP contribution in [0, 0.1) is 0 Å². The molecule has 2 aromatic heterocycles. The predicted molar refractivity (Wildman–Crippen MR) is 139 cm³/mol. The molecule has 1 aromatic carbocycles. The van der Waals surface area contributed by atoms with Crippen molar-refractivity contribution in [1.82, 2.24) is 25.4 Å². The summed E-state index contributed by atoms with van der Waals surface area (Å²) in [6.07, 6.45) is 4.11. The van der Waals surface area contributed by atoms with E-state index in [0.29, 0.717) is 12.2 Å². The van der Waals surface area contributed by atoms with Crippen LogP contribution in [-0.2, 0) is 6.54 Å². The zero-order valence-electron chi connectivity index (χ0n) is 21.1. The van der Waals surface area contributed by atoms with E-state index in [-0.39, 0.29) is 17.8 Å². The molecule has 0 spiro atoms. The molecular weight excluding hydrogens is 456 g/mol. The number of aromatic hydroxyl groups is 1. The summed E-state index contributed by atoms with van der Waals surface area (Å²) in [5.41, 5.74) is 3.29. The van der Waals surface area contributed by atoms with Gasteiger partial charge in [0.1, 0.15) is 11.5 Å². The summed E-state index contributed by atoms with van der Waals surface area (Å²) in [7, 11) is 0. The molecule has 0 aliphatic carbocycles. The lowest BCUT2D eigenvalue weighted by molar-refractivity contribution is 0.0947. The van der Waals surface area contributed by atoms with Gasteiger partial charge in [-0.1, -0.05) is 6.92 Å². The summed E-state index contributed by atoms with van der Waals surface area (Å²) < 4.78 is 6.01. The van der Waals surface area contributed by atoms with Gasteiger partial charge in [-0.25, -0.2) is 0 Å². The first kappa shape index (κ1) is 25.4. The van der Waals surface area contributed by atoms with Gasteiger partial charge in [0.05, 0.1) is 12.3 Å². The van der Waals surface area contributed by atoms with Crippen LogP contribution in [0.1, 0.15) is 43.2 Å². The first-order chi connectivity index (χ1) is 17.4. The van der Waals surface area contributed by atoms with E-state index in [1.54, 1.807) is 18.3 Å². The molecule has 1 fully saturated rings. The molecular formula is C27H34N6O3. The van der Waals surface area contributed by atoms with Crippen LogP contribution < -0.4 is 15.0 Å². The van der Waals surface area contributed by atoms with E-state index < -0.39 is 0 Å². The number of amides is 1. The summed E-state index contributed by atoms with van der Waals surface area (Å²) in [6.45, 7) is 10.8. The molecule has 0 bridgehead atoms. The maximum absolute atomic E-state index is 12.1. The number of anilines is 1. The number of piperazine rings is 1. The maximum atomic E-state index is 12.1.